The molecule has 2 amide bonds. The topological polar surface area (TPSA) is 74.0 Å². The average molecular weight is 353 g/mol. The molecule has 0 saturated heterocycles. The van der Waals surface area contributed by atoms with Crippen LogP contribution in [-0.4, -0.2) is 22.8 Å². The molecule has 6 heteroatoms. The summed E-state index contributed by atoms with van der Waals surface area (Å²) in [4.78, 5) is 27.3. The van der Waals surface area contributed by atoms with Gasteiger partial charge in [-0.15, -0.1) is 0 Å². The molecule has 0 aliphatic carbocycles. The first-order chi connectivity index (χ1) is 12.5. The van der Waals surface area contributed by atoms with E-state index in [0.717, 1.165) is 16.5 Å². The number of benzene rings is 2. The third-order valence-corrected chi connectivity index (χ3v) is 4.15. The standard InChI is InChI=1S/C20H20FN3O2/c1-13(25)24-19(10-15-12-22-18-8-3-2-7-17(15)18)20(26)23-11-14-5-4-6-16(21)9-14/h2-9,12,19,22H,10-11H2,1H3,(H,23,26)(H,24,25). The van der Waals surface area contributed by atoms with Crippen LogP contribution in [0.4, 0.5) is 4.39 Å². The van der Waals surface area contributed by atoms with Gasteiger partial charge < -0.3 is 15.6 Å². The molecule has 3 rings (SSSR count). The summed E-state index contributed by atoms with van der Waals surface area (Å²) in [5, 5.41) is 6.47. The van der Waals surface area contributed by atoms with Gasteiger partial charge in [0.25, 0.3) is 0 Å². The fourth-order valence-electron chi connectivity index (χ4n) is 2.93. The van der Waals surface area contributed by atoms with Gasteiger partial charge in [0.2, 0.25) is 11.8 Å². The number of halogens is 1. The number of aromatic amines is 1. The molecular weight excluding hydrogens is 333 g/mol. The van der Waals surface area contributed by atoms with Crippen LogP contribution in [0.3, 0.4) is 0 Å². The maximum absolute atomic E-state index is 13.2. The Morgan fingerprint density at radius 2 is 1.96 bits per heavy atom. The second-order valence-electron chi connectivity index (χ2n) is 6.16. The third-order valence-electron chi connectivity index (χ3n) is 4.15. The van der Waals surface area contributed by atoms with Crippen LogP contribution in [0.15, 0.2) is 54.7 Å². The van der Waals surface area contributed by atoms with E-state index in [-0.39, 0.29) is 24.2 Å². The predicted molar refractivity (Wildman–Crippen MR) is 97.9 cm³/mol. The first-order valence-electron chi connectivity index (χ1n) is 8.37. The molecule has 0 radical (unpaired) electrons. The predicted octanol–water partition coefficient (Wildman–Crippen LogP) is 2.67. The number of aromatic nitrogens is 1. The molecule has 134 valence electrons. The zero-order valence-electron chi connectivity index (χ0n) is 14.4. The van der Waals surface area contributed by atoms with Crippen LogP contribution in [0.5, 0.6) is 0 Å². The van der Waals surface area contributed by atoms with Crippen molar-refractivity contribution in [2.24, 2.45) is 0 Å². The van der Waals surface area contributed by atoms with Gasteiger partial charge >= 0.3 is 0 Å². The highest BCUT2D eigenvalue weighted by atomic mass is 19.1. The zero-order valence-corrected chi connectivity index (χ0v) is 14.4. The smallest absolute Gasteiger partial charge is 0.243 e. The summed E-state index contributed by atoms with van der Waals surface area (Å²) in [6.07, 6.45) is 2.21. The van der Waals surface area contributed by atoms with E-state index < -0.39 is 6.04 Å². The number of amides is 2. The first kappa shape index (κ1) is 17.7. The van der Waals surface area contributed by atoms with Crippen LogP contribution in [0, 0.1) is 5.82 Å². The largest absolute Gasteiger partial charge is 0.361 e. The van der Waals surface area contributed by atoms with Crippen molar-refractivity contribution in [1.29, 1.82) is 0 Å². The van der Waals surface area contributed by atoms with E-state index >= 15 is 0 Å². The van der Waals surface area contributed by atoms with Crippen LogP contribution in [0.1, 0.15) is 18.1 Å². The second-order valence-corrected chi connectivity index (χ2v) is 6.16. The molecule has 0 bridgehead atoms. The second kappa shape index (κ2) is 7.82. The summed E-state index contributed by atoms with van der Waals surface area (Å²) < 4.78 is 13.2. The zero-order chi connectivity index (χ0) is 18.5. The van der Waals surface area contributed by atoms with E-state index in [9.17, 15) is 14.0 Å². The molecule has 0 aliphatic heterocycles. The van der Waals surface area contributed by atoms with Crippen LogP contribution in [-0.2, 0) is 22.6 Å². The molecule has 3 N–H and O–H groups in total. The molecule has 1 unspecified atom stereocenters. The van der Waals surface area contributed by atoms with E-state index in [0.29, 0.717) is 12.0 Å². The molecule has 0 spiro atoms. The Labute approximate surface area is 150 Å². The highest BCUT2D eigenvalue weighted by molar-refractivity contribution is 5.89. The molecule has 2 aromatic carbocycles. The fraction of sp³-hybridized carbons (Fsp3) is 0.200. The SMILES string of the molecule is CC(=O)NC(Cc1c[nH]c2ccccc12)C(=O)NCc1cccc(F)c1. The Hall–Kier alpha value is -3.15. The van der Waals surface area contributed by atoms with E-state index in [1.54, 1.807) is 12.1 Å². The lowest BCUT2D eigenvalue weighted by molar-refractivity contribution is -0.128. The van der Waals surface area contributed by atoms with Gasteiger partial charge in [0.1, 0.15) is 11.9 Å². The van der Waals surface area contributed by atoms with E-state index in [2.05, 4.69) is 15.6 Å². The summed E-state index contributed by atoms with van der Waals surface area (Å²) in [5.74, 6) is -0.945. The van der Waals surface area contributed by atoms with Crippen molar-refractivity contribution in [2.45, 2.75) is 25.9 Å². The molecule has 1 atom stereocenters. The number of carbonyl (C=O) groups is 2. The summed E-state index contributed by atoms with van der Waals surface area (Å²) in [5.41, 5.74) is 2.58. The van der Waals surface area contributed by atoms with Gasteiger partial charge in [-0.25, -0.2) is 4.39 Å². The lowest BCUT2D eigenvalue weighted by atomic mass is 10.0. The van der Waals surface area contributed by atoms with Crippen LogP contribution >= 0.6 is 0 Å². The summed E-state index contributed by atoms with van der Waals surface area (Å²) >= 11 is 0. The minimum absolute atomic E-state index is 0.195. The summed E-state index contributed by atoms with van der Waals surface area (Å²) in [6.45, 7) is 1.57. The highest BCUT2D eigenvalue weighted by Gasteiger charge is 2.21. The average Bonchev–Trinajstić information content (AvgIpc) is 3.02. The highest BCUT2D eigenvalue weighted by Crippen LogP contribution is 2.19. The fourth-order valence-corrected chi connectivity index (χ4v) is 2.93. The Balaban J connectivity index is 1.72. The van der Waals surface area contributed by atoms with Crippen LogP contribution in [0.2, 0.25) is 0 Å². The molecule has 0 fully saturated rings. The molecule has 1 heterocycles. The normalized spacial score (nSPS) is 11.9. The van der Waals surface area contributed by atoms with Crippen molar-refractivity contribution in [3.8, 4) is 0 Å². The lowest BCUT2D eigenvalue weighted by Crippen LogP contribution is -2.47. The van der Waals surface area contributed by atoms with Gasteiger partial charge in [-0.05, 0) is 29.3 Å². The number of nitrogens with one attached hydrogen (secondary N) is 3. The number of rotatable bonds is 6. The summed E-state index contributed by atoms with van der Waals surface area (Å²) in [7, 11) is 0. The van der Waals surface area contributed by atoms with E-state index in [1.165, 1.54) is 19.1 Å². The van der Waals surface area contributed by atoms with Gasteiger partial charge in [-0.1, -0.05) is 30.3 Å². The van der Waals surface area contributed by atoms with Gasteiger partial charge in [0.05, 0.1) is 0 Å². The molecule has 5 nitrogen and oxygen atoms in total. The Kier molecular flexibility index (Phi) is 5.31. The van der Waals surface area contributed by atoms with Crippen molar-refractivity contribution in [3.05, 3.63) is 71.7 Å². The third kappa shape index (κ3) is 4.27. The van der Waals surface area contributed by atoms with Crippen molar-refractivity contribution >= 4 is 22.7 Å². The maximum atomic E-state index is 13.2. The number of hydrogen-bond donors (Lipinski definition) is 3. The lowest BCUT2D eigenvalue weighted by Gasteiger charge is -2.17. The maximum Gasteiger partial charge on any atom is 0.243 e. The van der Waals surface area contributed by atoms with E-state index in [1.807, 2.05) is 30.5 Å². The number of fused-ring (bicyclic) bond motifs is 1. The van der Waals surface area contributed by atoms with Crippen LogP contribution < -0.4 is 10.6 Å². The van der Waals surface area contributed by atoms with Gasteiger partial charge in [0.15, 0.2) is 0 Å². The quantitative estimate of drug-likeness (QED) is 0.637. The molecule has 1 aromatic heterocycles. The van der Waals surface area contributed by atoms with Crippen molar-refractivity contribution in [2.75, 3.05) is 0 Å². The molecule has 0 aliphatic rings. The number of para-hydroxylation sites is 1. The number of H-pyrrole nitrogens is 1. The van der Waals surface area contributed by atoms with Crippen molar-refractivity contribution in [1.82, 2.24) is 15.6 Å². The molecule has 0 saturated carbocycles. The number of hydrogen-bond acceptors (Lipinski definition) is 2. The minimum atomic E-state index is -0.708. The number of carbonyl (C=O) groups excluding carboxylic acids is 2. The van der Waals surface area contributed by atoms with Crippen molar-refractivity contribution in [3.63, 3.8) is 0 Å². The van der Waals surface area contributed by atoms with Gasteiger partial charge in [-0.2, -0.15) is 0 Å². The van der Waals surface area contributed by atoms with E-state index in [4.69, 9.17) is 0 Å². The Morgan fingerprint density at radius 1 is 1.15 bits per heavy atom. The minimum Gasteiger partial charge on any atom is -0.361 e. The molecule has 3 aromatic rings. The van der Waals surface area contributed by atoms with Gasteiger partial charge in [-0.3, -0.25) is 9.59 Å². The Morgan fingerprint density at radius 3 is 2.73 bits per heavy atom. The monoisotopic (exact) mass is 353 g/mol. The molecular formula is C20H20FN3O2. The van der Waals surface area contributed by atoms with Crippen LogP contribution in [0.25, 0.3) is 10.9 Å². The Bertz CT molecular complexity index is 935. The summed E-state index contributed by atoms with van der Waals surface area (Å²) in [6, 6.07) is 13.1. The van der Waals surface area contributed by atoms with Gasteiger partial charge in [0, 0.05) is 37.0 Å². The molecule has 26 heavy (non-hydrogen) atoms. The first-order valence-corrected chi connectivity index (χ1v) is 8.37. The van der Waals surface area contributed by atoms with Crippen molar-refractivity contribution < 1.29 is 14.0 Å².